The quantitative estimate of drug-likeness (QED) is 0.385. The Morgan fingerprint density at radius 1 is 1.25 bits per heavy atom. The van der Waals surface area contributed by atoms with Gasteiger partial charge in [0.25, 0.3) is 0 Å². The van der Waals surface area contributed by atoms with Crippen molar-refractivity contribution in [2.24, 2.45) is 7.05 Å². The van der Waals surface area contributed by atoms with E-state index in [4.69, 9.17) is 0 Å². The Balaban J connectivity index is 0.00000121. The van der Waals surface area contributed by atoms with Gasteiger partial charge in [0.1, 0.15) is 7.05 Å². The fraction of sp³-hybridized carbons (Fsp3) is 0.444. The lowest BCUT2D eigenvalue weighted by Gasteiger charge is -2.01. The highest BCUT2D eigenvalue weighted by Crippen LogP contribution is 2.20. The summed E-state index contributed by atoms with van der Waals surface area (Å²) in [7, 11) is 2.03. The first-order valence-electron chi connectivity index (χ1n) is 3.80. The third-order valence-corrected chi connectivity index (χ3v) is 2.34. The molecule has 1 aromatic rings. The SMILES string of the molecule is CC(C)Sc1cc[n+](C)cc1.[I-]. The minimum atomic E-state index is 0. The van der Waals surface area contributed by atoms with Crippen LogP contribution in [0.2, 0.25) is 0 Å². The molecular weight excluding hydrogens is 281 g/mol. The molecule has 0 atom stereocenters. The van der Waals surface area contributed by atoms with E-state index in [1.807, 2.05) is 23.4 Å². The van der Waals surface area contributed by atoms with Crippen molar-refractivity contribution < 1.29 is 28.5 Å². The van der Waals surface area contributed by atoms with Gasteiger partial charge < -0.3 is 24.0 Å². The molecule has 0 saturated carbocycles. The molecule has 3 heteroatoms. The largest absolute Gasteiger partial charge is 1.00 e. The molecule has 0 spiro atoms. The monoisotopic (exact) mass is 295 g/mol. The van der Waals surface area contributed by atoms with Crippen LogP contribution in [0.4, 0.5) is 0 Å². The van der Waals surface area contributed by atoms with Gasteiger partial charge in [0.2, 0.25) is 0 Å². The van der Waals surface area contributed by atoms with Crippen LogP contribution in [0.5, 0.6) is 0 Å². The van der Waals surface area contributed by atoms with Crippen LogP contribution in [0, 0.1) is 0 Å². The Morgan fingerprint density at radius 2 is 1.75 bits per heavy atom. The number of aromatic nitrogens is 1. The maximum absolute atomic E-state index is 2.21. The van der Waals surface area contributed by atoms with Gasteiger partial charge in [-0.05, 0) is 0 Å². The summed E-state index contributed by atoms with van der Waals surface area (Å²) in [5.74, 6) is 0. The molecule has 0 aliphatic rings. The Bertz CT molecular complexity index is 220. The summed E-state index contributed by atoms with van der Waals surface area (Å²) in [4.78, 5) is 1.35. The van der Waals surface area contributed by atoms with Crippen molar-refractivity contribution in [2.45, 2.75) is 24.0 Å². The van der Waals surface area contributed by atoms with Gasteiger partial charge in [-0.3, -0.25) is 0 Å². The predicted octanol–water partition coefficient (Wildman–Crippen LogP) is -0.984. The second kappa shape index (κ2) is 5.80. The summed E-state index contributed by atoms with van der Waals surface area (Å²) < 4.78 is 2.05. The van der Waals surface area contributed by atoms with E-state index in [9.17, 15) is 0 Å². The van der Waals surface area contributed by atoms with Crippen molar-refractivity contribution in [1.82, 2.24) is 0 Å². The minimum Gasteiger partial charge on any atom is -1.00 e. The second-order valence-corrected chi connectivity index (χ2v) is 4.52. The van der Waals surface area contributed by atoms with Crippen LogP contribution in [-0.4, -0.2) is 5.25 Å². The normalized spacial score (nSPS) is 9.67. The van der Waals surface area contributed by atoms with Crippen LogP contribution < -0.4 is 28.5 Å². The first-order chi connectivity index (χ1) is 5.18. The summed E-state index contributed by atoms with van der Waals surface area (Å²) in [5, 5.41) is 0.669. The average molecular weight is 295 g/mol. The maximum Gasteiger partial charge on any atom is 0.169 e. The van der Waals surface area contributed by atoms with Crippen LogP contribution in [0.25, 0.3) is 0 Å². The number of thioether (sulfide) groups is 1. The van der Waals surface area contributed by atoms with Crippen molar-refractivity contribution in [2.75, 3.05) is 0 Å². The molecule has 68 valence electrons. The van der Waals surface area contributed by atoms with Crippen molar-refractivity contribution in [3.8, 4) is 0 Å². The minimum absolute atomic E-state index is 0. The topological polar surface area (TPSA) is 3.88 Å². The summed E-state index contributed by atoms with van der Waals surface area (Å²) in [6.07, 6.45) is 4.15. The summed E-state index contributed by atoms with van der Waals surface area (Å²) in [5.41, 5.74) is 0. The molecule has 1 rings (SSSR count). The van der Waals surface area contributed by atoms with E-state index in [-0.39, 0.29) is 24.0 Å². The van der Waals surface area contributed by atoms with Crippen LogP contribution >= 0.6 is 11.8 Å². The predicted molar refractivity (Wildman–Crippen MR) is 48.6 cm³/mol. The van der Waals surface area contributed by atoms with Gasteiger partial charge >= 0.3 is 0 Å². The molecule has 0 N–H and O–H groups in total. The molecule has 0 amide bonds. The van der Waals surface area contributed by atoms with Crippen LogP contribution in [0.15, 0.2) is 29.4 Å². The van der Waals surface area contributed by atoms with Crippen molar-refractivity contribution in [3.05, 3.63) is 24.5 Å². The Kier molecular flexibility index (Phi) is 5.92. The molecule has 0 aromatic carbocycles. The van der Waals surface area contributed by atoms with E-state index in [1.165, 1.54) is 4.90 Å². The zero-order valence-electron chi connectivity index (χ0n) is 7.62. The fourth-order valence-corrected chi connectivity index (χ4v) is 1.66. The number of halogens is 1. The molecule has 0 radical (unpaired) electrons. The summed E-state index contributed by atoms with van der Waals surface area (Å²) in [6.45, 7) is 4.41. The number of nitrogens with zero attached hydrogens (tertiary/aromatic N) is 1. The lowest BCUT2D eigenvalue weighted by molar-refractivity contribution is -0.671. The smallest absolute Gasteiger partial charge is 0.169 e. The molecule has 12 heavy (non-hydrogen) atoms. The van der Waals surface area contributed by atoms with Gasteiger partial charge in [0.05, 0.1) is 0 Å². The van der Waals surface area contributed by atoms with Gasteiger partial charge in [-0.15, -0.1) is 11.8 Å². The molecular formula is C9H14INS. The lowest BCUT2D eigenvalue weighted by Crippen LogP contribution is -3.00. The molecule has 0 aliphatic heterocycles. The van der Waals surface area contributed by atoms with E-state index < -0.39 is 0 Å². The van der Waals surface area contributed by atoms with Gasteiger partial charge in [0, 0.05) is 22.3 Å². The van der Waals surface area contributed by atoms with Gasteiger partial charge in [-0.2, -0.15) is 0 Å². The number of rotatable bonds is 2. The van der Waals surface area contributed by atoms with E-state index in [1.54, 1.807) is 0 Å². The number of hydrogen-bond acceptors (Lipinski definition) is 1. The Hall–Kier alpha value is 0.230. The third kappa shape index (κ3) is 4.30. The first kappa shape index (κ1) is 12.2. The molecule has 0 aliphatic carbocycles. The Morgan fingerprint density at radius 3 is 2.17 bits per heavy atom. The van der Waals surface area contributed by atoms with Gasteiger partial charge in [-0.1, -0.05) is 13.8 Å². The van der Waals surface area contributed by atoms with Crippen molar-refractivity contribution in [1.29, 1.82) is 0 Å². The maximum atomic E-state index is 2.21. The number of aryl methyl sites for hydroxylation is 1. The number of pyridine rings is 1. The highest BCUT2D eigenvalue weighted by atomic mass is 127. The zero-order chi connectivity index (χ0) is 8.27. The van der Waals surface area contributed by atoms with E-state index in [2.05, 4.69) is 38.4 Å². The number of hydrogen-bond donors (Lipinski definition) is 0. The molecule has 1 nitrogen and oxygen atoms in total. The highest BCUT2D eigenvalue weighted by molar-refractivity contribution is 7.99. The molecule has 1 aromatic heterocycles. The molecule has 0 saturated heterocycles. The molecule has 0 bridgehead atoms. The summed E-state index contributed by atoms with van der Waals surface area (Å²) >= 11 is 1.89. The van der Waals surface area contributed by atoms with Crippen LogP contribution in [0.1, 0.15) is 13.8 Å². The average Bonchev–Trinajstić information content (AvgIpc) is 1.93. The Labute approximate surface area is 95.6 Å². The highest BCUT2D eigenvalue weighted by Gasteiger charge is 1.98. The van der Waals surface area contributed by atoms with E-state index in [0.29, 0.717) is 5.25 Å². The van der Waals surface area contributed by atoms with Crippen LogP contribution in [0.3, 0.4) is 0 Å². The third-order valence-electron chi connectivity index (χ3n) is 1.32. The first-order valence-corrected chi connectivity index (χ1v) is 4.68. The van der Waals surface area contributed by atoms with E-state index >= 15 is 0 Å². The zero-order valence-corrected chi connectivity index (χ0v) is 10.6. The van der Waals surface area contributed by atoms with Crippen molar-refractivity contribution >= 4 is 11.8 Å². The van der Waals surface area contributed by atoms with Gasteiger partial charge in [-0.25, -0.2) is 4.57 Å². The van der Waals surface area contributed by atoms with Gasteiger partial charge in [0.15, 0.2) is 12.4 Å². The van der Waals surface area contributed by atoms with Crippen molar-refractivity contribution in [3.63, 3.8) is 0 Å². The molecule has 0 unspecified atom stereocenters. The van der Waals surface area contributed by atoms with Crippen LogP contribution in [-0.2, 0) is 7.05 Å². The lowest BCUT2D eigenvalue weighted by atomic mass is 10.5. The molecule has 1 heterocycles. The second-order valence-electron chi connectivity index (χ2n) is 2.87. The standard InChI is InChI=1S/C9H14NS.HI/c1-8(2)11-9-4-6-10(3)7-5-9;/h4-8H,1-3H3;1H/q+1;/p-1. The fourth-order valence-electron chi connectivity index (χ4n) is 0.838. The van der Waals surface area contributed by atoms with E-state index in [0.717, 1.165) is 0 Å². The molecule has 0 fully saturated rings. The summed E-state index contributed by atoms with van der Waals surface area (Å²) in [6, 6.07) is 4.29.